The van der Waals surface area contributed by atoms with Gasteiger partial charge in [-0.25, -0.2) is 0 Å². The minimum Gasteiger partial charge on any atom is -0.499 e. The summed E-state index contributed by atoms with van der Waals surface area (Å²) >= 11 is 0. The lowest BCUT2D eigenvalue weighted by atomic mass is 10.1. The zero-order chi connectivity index (χ0) is 39.4. The van der Waals surface area contributed by atoms with Crippen molar-refractivity contribution in [3.63, 3.8) is 0 Å². The first-order chi connectivity index (χ1) is 26.6. The number of likely N-dealkylation sites (tertiary alicyclic amines) is 1. The quantitative estimate of drug-likeness (QED) is 0.0349. The number of carbonyl (C=O) groups is 1. The first-order valence-corrected chi connectivity index (χ1v) is 23.6. The zero-order valence-electron chi connectivity index (χ0n) is 36.9. The number of unbranched alkanes of at least 4 members (excludes halogenated alkanes) is 19. The number of hydrogen-bond acceptors (Lipinski definition) is 7. The number of ether oxygens (including phenoxy) is 4. The summed E-state index contributed by atoms with van der Waals surface area (Å²) in [4.78, 5) is 17.4. The van der Waals surface area contributed by atoms with E-state index >= 15 is 0 Å². The molecule has 1 heterocycles. The molecule has 322 valence electrons. The van der Waals surface area contributed by atoms with E-state index in [1.165, 1.54) is 148 Å². The van der Waals surface area contributed by atoms with Gasteiger partial charge in [0.05, 0.1) is 25.4 Å². The van der Waals surface area contributed by atoms with Crippen molar-refractivity contribution in [1.82, 2.24) is 9.80 Å². The maximum Gasteiger partial charge on any atom is 0.307 e. The Morgan fingerprint density at radius 2 is 0.870 bits per heavy atom. The number of rotatable bonds is 41. The molecular formula is C47H94N2O5. The van der Waals surface area contributed by atoms with Crippen LogP contribution in [0.3, 0.4) is 0 Å². The number of carbonyl (C=O) groups excluding carboxylic acids is 1. The molecule has 1 aliphatic rings. The highest BCUT2D eigenvalue weighted by Gasteiger charge is 2.15. The van der Waals surface area contributed by atoms with E-state index in [4.69, 9.17) is 18.9 Å². The summed E-state index contributed by atoms with van der Waals surface area (Å²) < 4.78 is 23.1. The van der Waals surface area contributed by atoms with Crippen LogP contribution in [0.5, 0.6) is 0 Å². The second-order valence-electron chi connectivity index (χ2n) is 15.8. The molecule has 1 saturated heterocycles. The zero-order valence-corrected chi connectivity index (χ0v) is 36.9. The summed E-state index contributed by atoms with van der Waals surface area (Å²) in [5.74, 6) is 0.747. The molecule has 1 aliphatic heterocycles. The molecule has 7 nitrogen and oxygen atoms in total. The van der Waals surface area contributed by atoms with Gasteiger partial charge in [-0.3, -0.25) is 4.79 Å². The van der Waals surface area contributed by atoms with E-state index in [9.17, 15) is 4.79 Å². The maximum absolute atomic E-state index is 12.5. The molecular weight excluding hydrogens is 673 g/mol. The highest BCUT2D eigenvalue weighted by atomic mass is 16.5. The normalized spacial score (nSPS) is 13.0. The lowest BCUT2D eigenvalue weighted by Crippen LogP contribution is -2.36. The van der Waals surface area contributed by atoms with Gasteiger partial charge in [0, 0.05) is 59.0 Å². The van der Waals surface area contributed by atoms with E-state index in [2.05, 4.69) is 44.1 Å². The second-order valence-corrected chi connectivity index (χ2v) is 15.8. The summed E-state index contributed by atoms with van der Waals surface area (Å²) in [6.45, 7) is 23.6. The average molecular weight is 767 g/mol. The Balaban J connectivity index is 0.00000666. The van der Waals surface area contributed by atoms with Crippen LogP contribution < -0.4 is 0 Å². The van der Waals surface area contributed by atoms with Crippen LogP contribution in [0.25, 0.3) is 0 Å². The molecule has 0 bridgehead atoms. The molecule has 0 aromatic heterocycles. The summed E-state index contributed by atoms with van der Waals surface area (Å²) in [5, 5.41) is 0. The molecule has 0 radical (unpaired) electrons. The number of hydrogen-bond donors (Lipinski definition) is 0. The van der Waals surface area contributed by atoms with Gasteiger partial charge >= 0.3 is 5.97 Å². The van der Waals surface area contributed by atoms with Gasteiger partial charge in [0.15, 0.2) is 0 Å². The molecule has 0 amide bonds. The van der Waals surface area contributed by atoms with Crippen molar-refractivity contribution in [3.8, 4) is 0 Å². The molecule has 0 N–H and O–H groups in total. The summed E-state index contributed by atoms with van der Waals surface area (Å²) in [5.41, 5.74) is 0. The first kappa shape index (κ1) is 52.9. The van der Waals surface area contributed by atoms with Gasteiger partial charge in [-0.1, -0.05) is 150 Å². The van der Waals surface area contributed by atoms with Crippen LogP contribution in [0.15, 0.2) is 12.3 Å². The van der Waals surface area contributed by atoms with Gasteiger partial charge in [-0.2, -0.15) is 0 Å². The Morgan fingerprint density at radius 1 is 0.481 bits per heavy atom. The molecule has 0 aromatic rings. The van der Waals surface area contributed by atoms with Gasteiger partial charge < -0.3 is 28.7 Å². The molecule has 0 aromatic carbocycles. The van der Waals surface area contributed by atoms with Gasteiger partial charge in [0.25, 0.3) is 0 Å². The summed E-state index contributed by atoms with van der Waals surface area (Å²) in [7, 11) is 0. The van der Waals surface area contributed by atoms with Crippen molar-refractivity contribution in [2.75, 3.05) is 78.9 Å². The fourth-order valence-corrected chi connectivity index (χ4v) is 6.55. The predicted octanol–water partition coefficient (Wildman–Crippen LogP) is 12.7. The van der Waals surface area contributed by atoms with E-state index < -0.39 is 0 Å². The largest absolute Gasteiger partial charge is 0.499 e. The lowest BCUT2D eigenvalue weighted by molar-refractivity contribution is -0.144. The SMILES string of the molecule is C=C(CCN(CCC(=O)OCCCCOCCCCCCCCCCC)CCN1CCCC1)OCCCCOCCCCCCCCCCC.CCCC. The van der Waals surface area contributed by atoms with E-state index in [1.807, 2.05) is 0 Å². The second kappa shape index (κ2) is 44.6. The summed E-state index contributed by atoms with van der Waals surface area (Å²) in [6.07, 6.45) is 34.4. The van der Waals surface area contributed by atoms with Crippen LogP contribution in [-0.2, 0) is 23.7 Å². The molecule has 0 aliphatic carbocycles. The molecule has 0 atom stereocenters. The molecule has 54 heavy (non-hydrogen) atoms. The number of nitrogens with zero attached hydrogens (tertiary/aromatic N) is 2. The van der Waals surface area contributed by atoms with E-state index in [0.29, 0.717) is 19.6 Å². The smallest absolute Gasteiger partial charge is 0.307 e. The van der Waals surface area contributed by atoms with Crippen molar-refractivity contribution in [1.29, 1.82) is 0 Å². The Kier molecular flexibility index (Phi) is 43.6. The van der Waals surface area contributed by atoms with Gasteiger partial charge in [0.2, 0.25) is 0 Å². The summed E-state index contributed by atoms with van der Waals surface area (Å²) in [6, 6.07) is 0. The van der Waals surface area contributed by atoms with Crippen LogP contribution >= 0.6 is 0 Å². The van der Waals surface area contributed by atoms with Gasteiger partial charge in [0.1, 0.15) is 0 Å². The van der Waals surface area contributed by atoms with Crippen molar-refractivity contribution in [3.05, 3.63) is 12.3 Å². The Labute approximate surface area is 337 Å². The highest BCUT2D eigenvalue weighted by Crippen LogP contribution is 2.12. The minimum atomic E-state index is -0.0955. The monoisotopic (exact) mass is 767 g/mol. The van der Waals surface area contributed by atoms with Crippen LogP contribution in [0, 0.1) is 0 Å². The van der Waals surface area contributed by atoms with E-state index in [-0.39, 0.29) is 5.97 Å². The predicted molar refractivity (Wildman–Crippen MR) is 233 cm³/mol. The van der Waals surface area contributed by atoms with Crippen molar-refractivity contribution in [2.45, 2.75) is 207 Å². The topological polar surface area (TPSA) is 60.5 Å². The Morgan fingerprint density at radius 3 is 1.33 bits per heavy atom. The third-order valence-electron chi connectivity index (χ3n) is 10.5. The molecule has 0 unspecified atom stereocenters. The first-order valence-electron chi connectivity index (χ1n) is 23.6. The minimum absolute atomic E-state index is 0.0955. The van der Waals surface area contributed by atoms with Crippen LogP contribution in [-0.4, -0.2) is 94.7 Å². The number of esters is 1. The van der Waals surface area contributed by atoms with Gasteiger partial charge in [-0.15, -0.1) is 0 Å². The fraction of sp³-hybridized carbons (Fsp3) is 0.936. The molecule has 1 rings (SSSR count). The van der Waals surface area contributed by atoms with Crippen molar-refractivity contribution in [2.24, 2.45) is 0 Å². The molecule has 1 fully saturated rings. The van der Waals surface area contributed by atoms with Gasteiger partial charge in [-0.05, 0) is 64.5 Å². The van der Waals surface area contributed by atoms with E-state index in [0.717, 1.165) is 96.9 Å². The average Bonchev–Trinajstić information content (AvgIpc) is 3.71. The van der Waals surface area contributed by atoms with E-state index in [1.54, 1.807) is 0 Å². The Bertz CT molecular complexity index is 708. The van der Waals surface area contributed by atoms with Crippen LogP contribution in [0.1, 0.15) is 207 Å². The standard InChI is InChI=1S/C43H84N2O5.C4H10/c1-4-6-8-10-12-14-16-18-22-36-47-38-24-26-40-49-42(3)28-32-45(35-34-44-30-20-21-31-44)33-29-43(46)50-41-27-25-39-48-37-23-19-17-15-13-11-9-7-5-2;1-3-4-2/h3-41H2,1-2H3;3-4H2,1-2H3. The molecule has 0 spiro atoms. The highest BCUT2D eigenvalue weighted by molar-refractivity contribution is 5.69. The van der Waals surface area contributed by atoms with Crippen molar-refractivity contribution < 1.29 is 23.7 Å². The third-order valence-corrected chi connectivity index (χ3v) is 10.5. The molecule has 0 saturated carbocycles. The molecule has 7 heteroatoms. The maximum atomic E-state index is 12.5. The van der Waals surface area contributed by atoms with Crippen molar-refractivity contribution >= 4 is 5.97 Å². The van der Waals surface area contributed by atoms with Crippen LogP contribution in [0.4, 0.5) is 0 Å². The van der Waals surface area contributed by atoms with Crippen LogP contribution in [0.2, 0.25) is 0 Å². The fourth-order valence-electron chi connectivity index (χ4n) is 6.55. The lowest BCUT2D eigenvalue weighted by Gasteiger charge is -2.25. The third kappa shape index (κ3) is 40.5. The Hall–Kier alpha value is -1.15.